The second-order valence-electron chi connectivity index (χ2n) is 5.30. The van der Waals surface area contributed by atoms with Gasteiger partial charge in [0.2, 0.25) is 0 Å². The molecule has 0 aliphatic heterocycles. The van der Waals surface area contributed by atoms with Gasteiger partial charge in [-0.3, -0.25) is 0 Å². The SMILES string of the molecule is Cc1nc2ccc(C(=O)OCc3cccc(F)c3)cc2nc1C. The third-order valence-corrected chi connectivity index (χ3v) is 3.57. The summed E-state index contributed by atoms with van der Waals surface area (Å²) in [6, 6.07) is 11.0. The fourth-order valence-electron chi connectivity index (χ4n) is 2.22. The summed E-state index contributed by atoms with van der Waals surface area (Å²) in [6.07, 6.45) is 0. The van der Waals surface area contributed by atoms with E-state index in [0.29, 0.717) is 16.6 Å². The van der Waals surface area contributed by atoms with Gasteiger partial charge >= 0.3 is 5.97 Å². The summed E-state index contributed by atoms with van der Waals surface area (Å²) >= 11 is 0. The van der Waals surface area contributed by atoms with Crippen LogP contribution in [0.4, 0.5) is 4.39 Å². The highest BCUT2D eigenvalue weighted by Crippen LogP contribution is 2.16. The van der Waals surface area contributed by atoms with Crippen LogP contribution in [-0.4, -0.2) is 15.9 Å². The molecule has 116 valence electrons. The minimum Gasteiger partial charge on any atom is -0.457 e. The fourth-order valence-corrected chi connectivity index (χ4v) is 2.22. The topological polar surface area (TPSA) is 52.1 Å². The molecule has 0 unspecified atom stereocenters. The number of benzene rings is 2. The number of esters is 1. The van der Waals surface area contributed by atoms with Gasteiger partial charge in [-0.1, -0.05) is 12.1 Å². The molecule has 0 radical (unpaired) electrons. The number of carbonyl (C=O) groups excluding carboxylic acids is 1. The second-order valence-corrected chi connectivity index (χ2v) is 5.30. The highest BCUT2D eigenvalue weighted by atomic mass is 19.1. The number of halogens is 1. The monoisotopic (exact) mass is 310 g/mol. The van der Waals surface area contributed by atoms with Gasteiger partial charge in [-0.15, -0.1) is 0 Å². The van der Waals surface area contributed by atoms with Gasteiger partial charge in [0.15, 0.2) is 0 Å². The molecule has 5 heteroatoms. The molecule has 1 heterocycles. The molecule has 0 N–H and O–H groups in total. The maximum atomic E-state index is 13.1. The van der Waals surface area contributed by atoms with Crippen LogP contribution in [0.15, 0.2) is 42.5 Å². The number of rotatable bonds is 3. The van der Waals surface area contributed by atoms with Crippen molar-refractivity contribution in [3.05, 3.63) is 70.8 Å². The van der Waals surface area contributed by atoms with Crippen LogP contribution in [0.2, 0.25) is 0 Å². The highest BCUT2D eigenvalue weighted by molar-refractivity contribution is 5.93. The zero-order valence-corrected chi connectivity index (χ0v) is 12.8. The average molecular weight is 310 g/mol. The van der Waals surface area contributed by atoms with Crippen molar-refractivity contribution in [1.29, 1.82) is 0 Å². The maximum absolute atomic E-state index is 13.1. The van der Waals surface area contributed by atoms with Crippen LogP contribution in [0.3, 0.4) is 0 Å². The predicted octanol–water partition coefficient (Wildman–Crippen LogP) is 3.74. The van der Waals surface area contributed by atoms with Crippen molar-refractivity contribution in [2.75, 3.05) is 0 Å². The van der Waals surface area contributed by atoms with E-state index in [-0.39, 0.29) is 12.4 Å². The molecule has 0 atom stereocenters. The molecule has 1 aromatic heterocycles. The van der Waals surface area contributed by atoms with E-state index in [1.165, 1.54) is 12.1 Å². The third-order valence-electron chi connectivity index (χ3n) is 3.57. The van der Waals surface area contributed by atoms with Crippen LogP contribution in [0.5, 0.6) is 0 Å². The molecule has 2 aromatic carbocycles. The summed E-state index contributed by atoms with van der Waals surface area (Å²) in [5.41, 5.74) is 4.06. The molecular weight excluding hydrogens is 295 g/mol. The van der Waals surface area contributed by atoms with Gasteiger partial charge in [0.1, 0.15) is 12.4 Å². The van der Waals surface area contributed by atoms with E-state index in [0.717, 1.165) is 16.9 Å². The predicted molar refractivity (Wildman–Crippen MR) is 84.5 cm³/mol. The van der Waals surface area contributed by atoms with Gasteiger partial charge in [0.05, 0.1) is 28.0 Å². The Morgan fingerprint density at radius 3 is 2.52 bits per heavy atom. The molecule has 4 nitrogen and oxygen atoms in total. The molecule has 0 aliphatic carbocycles. The smallest absolute Gasteiger partial charge is 0.338 e. The quantitative estimate of drug-likeness (QED) is 0.691. The first-order chi connectivity index (χ1) is 11.0. The second kappa shape index (κ2) is 6.12. The Kier molecular flexibility index (Phi) is 4.02. The minimum atomic E-state index is -0.476. The standard InChI is InChI=1S/C18H15FN2O2/c1-11-12(2)21-17-9-14(6-7-16(17)20-11)18(22)23-10-13-4-3-5-15(19)8-13/h3-9H,10H2,1-2H3. The Morgan fingerprint density at radius 1 is 1.04 bits per heavy atom. The van der Waals surface area contributed by atoms with Crippen molar-refractivity contribution >= 4 is 17.0 Å². The number of aromatic nitrogens is 2. The van der Waals surface area contributed by atoms with E-state index in [1.54, 1.807) is 30.3 Å². The summed E-state index contributed by atoms with van der Waals surface area (Å²) in [7, 11) is 0. The maximum Gasteiger partial charge on any atom is 0.338 e. The van der Waals surface area contributed by atoms with E-state index >= 15 is 0 Å². The van der Waals surface area contributed by atoms with Crippen LogP contribution < -0.4 is 0 Å². The third kappa shape index (κ3) is 3.34. The number of hydrogen-bond donors (Lipinski definition) is 0. The summed E-state index contributed by atoms with van der Waals surface area (Å²) in [4.78, 5) is 21.0. The molecule has 23 heavy (non-hydrogen) atoms. The Labute approximate surface area is 133 Å². The van der Waals surface area contributed by atoms with Gasteiger partial charge in [0.25, 0.3) is 0 Å². The lowest BCUT2D eigenvalue weighted by molar-refractivity contribution is 0.0472. The highest BCUT2D eigenvalue weighted by Gasteiger charge is 2.10. The minimum absolute atomic E-state index is 0.0211. The van der Waals surface area contributed by atoms with Crippen LogP contribution in [0.1, 0.15) is 27.3 Å². The van der Waals surface area contributed by atoms with E-state index in [4.69, 9.17) is 4.74 Å². The fraction of sp³-hybridized carbons (Fsp3) is 0.167. The molecule has 0 saturated carbocycles. The lowest BCUT2D eigenvalue weighted by Crippen LogP contribution is -2.06. The molecule has 3 rings (SSSR count). The molecule has 0 fully saturated rings. The number of carbonyl (C=O) groups is 1. The summed E-state index contributed by atoms with van der Waals surface area (Å²) in [6.45, 7) is 3.78. The van der Waals surface area contributed by atoms with Gasteiger partial charge < -0.3 is 4.74 Å². The van der Waals surface area contributed by atoms with E-state index in [1.807, 2.05) is 13.8 Å². The average Bonchev–Trinajstić information content (AvgIpc) is 2.53. The lowest BCUT2D eigenvalue weighted by Gasteiger charge is -2.07. The molecule has 3 aromatic rings. The Morgan fingerprint density at radius 2 is 1.78 bits per heavy atom. The van der Waals surface area contributed by atoms with Crippen molar-refractivity contribution in [3.8, 4) is 0 Å². The molecule has 0 spiro atoms. The number of hydrogen-bond acceptors (Lipinski definition) is 4. The zero-order valence-electron chi connectivity index (χ0n) is 12.8. The first-order valence-electron chi connectivity index (χ1n) is 7.19. The largest absolute Gasteiger partial charge is 0.457 e. The van der Waals surface area contributed by atoms with Gasteiger partial charge in [-0.2, -0.15) is 0 Å². The van der Waals surface area contributed by atoms with Crippen molar-refractivity contribution in [3.63, 3.8) is 0 Å². The molecule has 0 saturated heterocycles. The lowest BCUT2D eigenvalue weighted by atomic mass is 10.2. The van der Waals surface area contributed by atoms with Gasteiger partial charge in [-0.05, 0) is 49.7 Å². The normalized spacial score (nSPS) is 10.7. The van der Waals surface area contributed by atoms with Crippen LogP contribution in [-0.2, 0) is 11.3 Å². The van der Waals surface area contributed by atoms with Crippen LogP contribution in [0, 0.1) is 19.7 Å². The first-order valence-corrected chi connectivity index (χ1v) is 7.19. The zero-order chi connectivity index (χ0) is 16.4. The Bertz CT molecular complexity index is 893. The Balaban J connectivity index is 1.79. The summed E-state index contributed by atoms with van der Waals surface area (Å²) in [5, 5.41) is 0. The van der Waals surface area contributed by atoms with E-state index in [9.17, 15) is 9.18 Å². The van der Waals surface area contributed by atoms with Crippen molar-refractivity contribution in [2.45, 2.75) is 20.5 Å². The number of aryl methyl sites for hydroxylation is 2. The first kappa shape index (κ1) is 15.1. The van der Waals surface area contributed by atoms with Crippen molar-refractivity contribution < 1.29 is 13.9 Å². The van der Waals surface area contributed by atoms with Crippen LogP contribution in [0.25, 0.3) is 11.0 Å². The van der Waals surface area contributed by atoms with Gasteiger partial charge in [-0.25, -0.2) is 19.2 Å². The molecule has 0 bridgehead atoms. The number of fused-ring (bicyclic) bond motifs is 1. The van der Waals surface area contributed by atoms with Crippen molar-refractivity contribution in [2.24, 2.45) is 0 Å². The van der Waals surface area contributed by atoms with Gasteiger partial charge in [0, 0.05) is 0 Å². The summed E-state index contributed by atoms with van der Waals surface area (Å²) in [5.74, 6) is -0.832. The van der Waals surface area contributed by atoms with E-state index < -0.39 is 5.97 Å². The molecule has 0 amide bonds. The molecule has 0 aliphatic rings. The summed E-state index contributed by atoms with van der Waals surface area (Å²) < 4.78 is 18.3. The van der Waals surface area contributed by atoms with E-state index in [2.05, 4.69) is 9.97 Å². The van der Waals surface area contributed by atoms with Crippen molar-refractivity contribution in [1.82, 2.24) is 9.97 Å². The number of ether oxygens (including phenoxy) is 1. The molecular formula is C18H15FN2O2. The number of nitrogens with zero attached hydrogens (tertiary/aromatic N) is 2. The van der Waals surface area contributed by atoms with Crippen LogP contribution >= 0.6 is 0 Å². The Hall–Kier alpha value is -2.82.